The van der Waals surface area contributed by atoms with Gasteiger partial charge in [-0.05, 0) is 89.4 Å². The predicted molar refractivity (Wildman–Crippen MR) is 134 cm³/mol. The van der Waals surface area contributed by atoms with E-state index in [1.165, 1.54) is 6.21 Å². The van der Waals surface area contributed by atoms with Crippen LogP contribution in [-0.2, 0) is 0 Å². The highest BCUT2D eigenvalue weighted by Gasteiger charge is 2.14. The van der Waals surface area contributed by atoms with E-state index in [0.717, 1.165) is 6.42 Å². The first-order valence-electron chi connectivity index (χ1n) is 10.8. The molecule has 7 nitrogen and oxygen atoms in total. The first kappa shape index (κ1) is 25.0. The van der Waals surface area contributed by atoms with Crippen molar-refractivity contribution in [1.29, 1.82) is 0 Å². The standard InChI is InChI=1S/C26H25BrN2O5/c1-3-15-33-20-12-10-19(11-13-20)26(31)34-23-14-9-18(16-24(23)32-4-2)17-28-29-25(30)21-7-5-6-8-22(21)27/h5-14,16-17H,3-4,15H2,1-2H3,(H,29,30)/b28-17-. The first-order valence-corrected chi connectivity index (χ1v) is 11.6. The minimum atomic E-state index is -0.509. The van der Waals surface area contributed by atoms with Gasteiger partial charge < -0.3 is 14.2 Å². The van der Waals surface area contributed by atoms with Crippen molar-refractivity contribution in [2.45, 2.75) is 20.3 Å². The van der Waals surface area contributed by atoms with Crippen LogP contribution in [0.1, 0.15) is 46.5 Å². The van der Waals surface area contributed by atoms with E-state index in [1.54, 1.807) is 60.7 Å². The number of benzene rings is 3. The average molecular weight is 525 g/mol. The number of hydrogen-bond donors (Lipinski definition) is 1. The minimum absolute atomic E-state index is 0.285. The highest BCUT2D eigenvalue weighted by atomic mass is 79.9. The Hall–Kier alpha value is -3.65. The number of amides is 1. The number of nitrogens with one attached hydrogen (secondary N) is 1. The molecule has 1 amide bonds. The first-order chi connectivity index (χ1) is 16.5. The Bertz CT molecular complexity index is 1160. The molecule has 0 saturated carbocycles. The zero-order valence-electron chi connectivity index (χ0n) is 18.9. The molecule has 0 radical (unpaired) electrons. The lowest BCUT2D eigenvalue weighted by atomic mass is 10.2. The molecule has 0 aliphatic rings. The van der Waals surface area contributed by atoms with E-state index in [-0.39, 0.29) is 11.7 Å². The summed E-state index contributed by atoms with van der Waals surface area (Å²) in [5, 5.41) is 4.01. The van der Waals surface area contributed by atoms with Crippen LogP contribution in [0.5, 0.6) is 17.2 Å². The predicted octanol–water partition coefficient (Wildman–Crippen LogP) is 5.62. The van der Waals surface area contributed by atoms with Crippen LogP contribution in [0.2, 0.25) is 0 Å². The van der Waals surface area contributed by atoms with Crippen molar-refractivity contribution >= 4 is 34.0 Å². The van der Waals surface area contributed by atoms with Crippen molar-refractivity contribution in [3.05, 3.63) is 87.9 Å². The number of nitrogens with zero attached hydrogens (tertiary/aromatic N) is 1. The van der Waals surface area contributed by atoms with E-state index in [9.17, 15) is 9.59 Å². The van der Waals surface area contributed by atoms with Crippen molar-refractivity contribution in [3.63, 3.8) is 0 Å². The zero-order chi connectivity index (χ0) is 24.3. The van der Waals surface area contributed by atoms with Gasteiger partial charge >= 0.3 is 5.97 Å². The fourth-order valence-electron chi connectivity index (χ4n) is 2.89. The van der Waals surface area contributed by atoms with E-state index < -0.39 is 5.97 Å². The van der Waals surface area contributed by atoms with Crippen molar-refractivity contribution in [2.24, 2.45) is 5.10 Å². The maximum atomic E-state index is 12.6. The summed E-state index contributed by atoms with van der Waals surface area (Å²) < 4.78 is 17.4. The Morgan fingerprint density at radius 1 is 0.971 bits per heavy atom. The van der Waals surface area contributed by atoms with Crippen LogP contribution < -0.4 is 19.6 Å². The zero-order valence-corrected chi connectivity index (χ0v) is 20.5. The summed E-state index contributed by atoms with van der Waals surface area (Å²) in [6, 6.07) is 18.9. The number of rotatable bonds is 10. The fraction of sp³-hybridized carbons (Fsp3) is 0.192. The highest BCUT2D eigenvalue weighted by molar-refractivity contribution is 9.10. The molecule has 0 aliphatic heterocycles. The van der Waals surface area contributed by atoms with E-state index >= 15 is 0 Å². The second-order valence-corrected chi connectivity index (χ2v) is 7.93. The Balaban J connectivity index is 1.67. The summed E-state index contributed by atoms with van der Waals surface area (Å²) >= 11 is 3.34. The van der Waals surface area contributed by atoms with Crippen LogP contribution in [0.4, 0.5) is 0 Å². The van der Waals surface area contributed by atoms with E-state index in [1.807, 2.05) is 19.9 Å². The quantitative estimate of drug-likeness (QED) is 0.161. The van der Waals surface area contributed by atoms with Crippen LogP contribution in [0.3, 0.4) is 0 Å². The Kier molecular flexibility index (Phi) is 9.22. The number of carbonyl (C=O) groups is 2. The summed E-state index contributed by atoms with van der Waals surface area (Å²) in [4.78, 5) is 24.9. The van der Waals surface area contributed by atoms with Gasteiger partial charge in [0.1, 0.15) is 5.75 Å². The third-order valence-electron chi connectivity index (χ3n) is 4.53. The molecule has 8 heteroatoms. The molecule has 0 unspecified atom stereocenters. The van der Waals surface area contributed by atoms with Gasteiger partial charge in [0.25, 0.3) is 5.91 Å². The molecule has 0 spiro atoms. The number of carbonyl (C=O) groups excluding carboxylic acids is 2. The molecule has 1 N–H and O–H groups in total. The third kappa shape index (κ3) is 6.92. The summed E-state index contributed by atoms with van der Waals surface area (Å²) in [5.74, 6) is 0.520. The summed E-state index contributed by atoms with van der Waals surface area (Å²) in [6.07, 6.45) is 2.39. The number of ether oxygens (including phenoxy) is 3. The van der Waals surface area contributed by atoms with E-state index in [0.29, 0.717) is 45.9 Å². The summed E-state index contributed by atoms with van der Waals surface area (Å²) in [5.41, 5.74) is 4.02. The van der Waals surface area contributed by atoms with Gasteiger partial charge in [-0.2, -0.15) is 5.10 Å². The molecular weight excluding hydrogens is 500 g/mol. The van der Waals surface area contributed by atoms with Crippen LogP contribution in [0, 0.1) is 0 Å². The Morgan fingerprint density at radius 3 is 2.44 bits per heavy atom. The average Bonchev–Trinajstić information content (AvgIpc) is 2.85. The van der Waals surface area contributed by atoms with Crippen LogP contribution >= 0.6 is 15.9 Å². The molecule has 0 bridgehead atoms. The molecule has 3 rings (SSSR count). The van der Waals surface area contributed by atoms with Crippen LogP contribution in [0.15, 0.2) is 76.3 Å². The molecular formula is C26H25BrN2O5. The SMILES string of the molecule is CCCOc1ccc(C(=O)Oc2ccc(/C=N\NC(=O)c3ccccc3Br)cc2OCC)cc1. The topological polar surface area (TPSA) is 86.2 Å². The Morgan fingerprint density at radius 2 is 1.74 bits per heavy atom. The molecule has 3 aromatic carbocycles. The molecule has 0 fully saturated rings. The maximum absolute atomic E-state index is 12.6. The number of halogens is 1. The molecule has 0 aromatic heterocycles. The molecule has 176 valence electrons. The van der Waals surface area contributed by atoms with Gasteiger partial charge in [0.05, 0.1) is 30.6 Å². The maximum Gasteiger partial charge on any atom is 0.343 e. The lowest BCUT2D eigenvalue weighted by Crippen LogP contribution is -2.18. The van der Waals surface area contributed by atoms with Crippen molar-refractivity contribution in [1.82, 2.24) is 5.43 Å². The van der Waals surface area contributed by atoms with Crippen molar-refractivity contribution in [2.75, 3.05) is 13.2 Å². The lowest BCUT2D eigenvalue weighted by Gasteiger charge is -2.12. The van der Waals surface area contributed by atoms with Gasteiger partial charge in [0, 0.05) is 4.47 Å². The van der Waals surface area contributed by atoms with Crippen LogP contribution in [-0.4, -0.2) is 31.3 Å². The normalized spacial score (nSPS) is 10.7. The van der Waals surface area contributed by atoms with Gasteiger partial charge in [0.15, 0.2) is 11.5 Å². The Labute approximate surface area is 206 Å². The fourth-order valence-corrected chi connectivity index (χ4v) is 3.36. The smallest absolute Gasteiger partial charge is 0.343 e. The number of hydrogen-bond acceptors (Lipinski definition) is 6. The van der Waals surface area contributed by atoms with Crippen molar-refractivity contribution in [3.8, 4) is 17.2 Å². The summed E-state index contributed by atoms with van der Waals surface area (Å²) in [7, 11) is 0. The van der Waals surface area contributed by atoms with E-state index in [4.69, 9.17) is 14.2 Å². The molecule has 0 saturated heterocycles. The lowest BCUT2D eigenvalue weighted by molar-refractivity contribution is 0.0728. The van der Waals surface area contributed by atoms with Crippen LogP contribution in [0.25, 0.3) is 0 Å². The second kappa shape index (κ2) is 12.6. The number of hydrazone groups is 1. The van der Waals surface area contributed by atoms with Gasteiger partial charge in [0.2, 0.25) is 0 Å². The van der Waals surface area contributed by atoms with Crippen molar-refractivity contribution < 1.29 is 23.8 Å². The van der Waals surface area contributed by atoms with Gasteiger partial charge in [-0.15, -0.1) is 0 Å². The molecule has 0 atom stereocenters. The largest absolute Gasteiger partial charge is 0.494 e. The third-order valence-corrected chi connectivity index (χ3v) is 5.22. The van der Waals surface area contributed by atoms with Gasteiger partial charge in [-0.25, -0.2) is 10.2 Å². The highest BCUT2D eigenvalue weighted by Crippen LogP contribution is 2.29. The van der Waals surface area contributed by atoms with E-state index in [2.05, 4.69) is 26.5 Å². The molecule has 0 aliphatic carbocycles. The number of esters is 1. The van der Waals surface area contributed by atoms with Gasteiger partial charge in [-0.3, -0.25) is 4.79 Å². The monoisotopic (exact) mass is 524 g/mol. The molecule has 0 heterocycles. The molecule has 3 aromatic rings. The molecule has 34 heavy (non-hydrogen) atoms. The minimum Gasteiger partial charge on any atom is -0.494 e. The van der Waals surface area contributed by atoms with Gasteiger partial charge in [-0.1, -0.05) is 19.1 Å². The second-order valence-electron chi connectivity index (χ2n) is 7.08. The summed E-state index contributed by atoms with van der Waals surface area (Å²) in [6.45, 7) is 4.86.